The number of hydrogen-bond acceptors (Lipinski definition) is 2. The number of hydrogen-bond donors (Lipinski definition) is 2. The van der Waals surface area contributed by atoms with Gasteiger partial charge in [-0.15, -0.1) is 0 Å². The maximum absolute atomic E-state index is 9.84. The van der Waals surface area contributed by atoms with Crippen LogP contribution >= 0.6 is 0 Å². The normalized spacial score (nSPS) is 11.7. The Bertz CT molecular complexity index is 348. The standard InChI is InChI=1S/C14H22O.C2H6O/c1-13(2,3)10-14(4,5)11-8-6-7-9-12(11)15;1-2-3/h6-9,15H,10H2,1-5H3;3H,2H2,1H3. The lowest BCUT2D eigenvalue weighted by Crippen LogP contribution is -2.24. The van der Waals surface area contributed by atoms with Crippen molar-refractivity contribution in [3.05, 3.63) is 29.8 Å². The number of benzene rings is 1. The number of aromatic hydroxyl groups is 1. The van der Waals surface area contributed by atoms with E-state index in [-0.39, 0.29) is 17.4 Å². The van der Waals surface area contributed by atoms with E-state index in [1.54, 1.807) is 13.0 Å². The summed E-state index contributed by atoms with van der Waals surface area (Å²) in [6.45, 7) is 13.0. The molecule has 2 N–H and O–H groups in total. The third-order valence-electron chi connectivity index (χ3n) is 2.61. The first-order valence-corrected chi connectivity index (χ1v) is 6.53. The fourth-order valence-corrected chi connectivity index (χ4v) is 2.47. The van der Waals surface area contributed by atoms with E-state index in [9.17, 15) is 5.11 Å². The number of phenols is 1. The van der Waals surface area contributed by atoms with Gasteiger partial charge in [0.1, 0.15) is 5.75 Å². The van der Waals surface area contributed by atoms with E-state index < -0.39 is 0 Å². The van der Waals surface area contributed by atoms with E-state index in [0.717, 1.165) is 12.0 Å². The van der Waals surface area contributed by atoms with Crippen LogP contribution in [0.1, 0.15) is 53.5 Å². The monoisotopic (exact) mass is 252 g/mol. The minimum absolute atomic E-state index is 0.0175. The zero-order valence-corrected chi connectivity index (χ0v) is 12.6. The van der Waals surface area contributed by atoms with E-state index in [2.05, 4.69) is 34.6 Å². The first-order valence-electron chi connectivity index (χ1n) is 6.53. The summed E-state index contributed by atoms with van der Waals surface area (Å²) in [5.74, 6) is 0.409. The maximum Gasteiger partial charge on any atom is 0.119 e. The quantitative estimate of drug-likeness (QED) is 0.831. The van der Waals surface area contributed by atoms with Crippen molar-refractivity contribution in [2.45, 2.75) is 53.4 Å². The molecule has 0 saturated carbocycles. The first kappa shape index (κ1) is 17.0. The molecule has 0 saturated heterocycles. The molecule has 0 heterocycles. The zero-order chi connectivity index (χ0) is 14.4. The molecule has 0 bridgehead atoms. The van der Waals surface area contributed by atoms with Gasteiger partial charge in [0, 0.05) is 6.61 Å². The number of para-hydroxylation sites is 1. The molecular weight excluding hydrogens is 224 g/mol. The Balaban J connectivity index is 0.000000873. The van der Waals surface area contributed by atoms with Crippen LogP contribution in [-0.2, 0) is 5.41 Å². The molecule has 104 valence electrons. The van der Waals surface area contributed by atoms with Crippen LogP contribution in [0.3, 0.4) is 0 Å². The predicted octanol–water partition coefficient (Wildman–Crippen LogP) is 4.10. The molecule has 1 rings (SSSR count). The maximum atomic E-state index is 9.84. The highest BCUT2D eigenvalue weighted by Gasteiger charge is 2.28. The molecule has 0 aliphatic heterocycles. The molecule has 0 atom stereocenters. The lowest BCUT2D eigenvalue weighted by atomic mass is 9.72. The van der Waals surface area contributed by atoms with Crippen molar-refractivity contribution in [3.63, 3.8) is 0 Å². The van der Waals surface area contributed by atoms with Crippen LogP contribution in [0.5, 0.6) is 5.75 Å². The smallest absolute Gasteiger partial charge is 0.119 e. The van der Waals surface area contributed by atoms with Crippen molar-refractivity contribution in [3.8, 4) is 5.75 Å². The van der Waals surface area contributed by atoms with Crippen LogP contribution in [0.4, 0.5) is 0 Å². The fraction of sp³-hybridized carbons (Fsp3) is 0.625. The van der Waals surface area contributed by atoms with E-state index in [0.29, 0.717) is 5.75 Å². The van der Waals surface area contributed by atoms with Gasteiger partial charge in [0.25, 0.3) is 0 Å². The average Bonchev–Trinajstić information content (AvgIpc) is 2.15. The van der Waals surface area contributed by atoms with Crippen LogP contribution in [0.25, 0.3) is 0 Å². The minimum atomic E-state index is 0.0175. The molecule has 0 aromatic heterocycles. The number of rotatable bonds is 2. The average molecular weight is 252 g/mol. The third-order valence-corrected chi connectivity index (χ3v) is 2.61. The van der Waals surface area contributed by atoms with Gasteiger partial charge < -0.3 is 10.2 Å². The molecule has 2 heteroatoms. The van der Waals surface area contributed by atoms with Crippen molar-refractivity contribution >= 4 is 0 Å². The van der Waals surface area contributed by atoms with Crippen molar-refractivity contribution < 1.29 is 10.2 Å². The van der Waals surface area contributed by atoms with Gasteiger partial charge in [-0.2, -0.15) is 0 Å². The van der Waals surface area contributed by atoms with Gasteiger partial charge in [0.05, 0.1) is 0 Å². The molecule has 0 aliphatic carbocycles. The van der Waals surface area contributed by atoms with Crippen LogP contribution < -0.4 is 0 Å². The van der Waals surface area contributed by atoms with Gasteiger partial charge in [-0.05, 0) is 35.8 Å². The summed E-state index contributed by atoms with van der Waals surface area (Å²) in [4.78, 5) is 0. The van der Waals surface area contributed by atoms with Crippen LogP contribution in [0.2, 0.25) is 0 Å². The molecule has 1 aromatic carbocycles. The molecule has 0 unspecified atom stereocenters. The van der Waals surface area contributed by atoms with Crippen LogP contribution in [0.15, 0.2) is 24.3 Å². The number of aliphatic hydroxyl groups is 1. The molecule has 0 spiro atoms. The summed E-state index contributed by atoms with van der Waals surface area (Å²) in [7, 11) is 0. The van der Waals surface area contributed by atoms with Gasteiger partial charge in [-0.1, -0.05) is 52.8 Å². The molecule has 0 radical (unpaired) electrons. The summed E-state index contributed by atoms with van der Waals surface area (Å²) in [6.07, 6.45) is 1.05. The summed E-state index contributed by atoms with van der Waals surface area (Å²) < 4.78 is 0. The number of aliphatic hydroxyl groups excluding tert-OH is 1. The van der Waals surface area contributed by atoms with Gasteiger partial charge in [-0.3, -0.25) is 0 Å². The second-order valence-corrected chi connectivity index (χ2v) is 6.45. The highest BCUT2D eigenvalue weighted by molar-refractivity contribution is 5.37. The minimum Gasteiger partial charge on any atom is -0.508 e. The topological polar surface area (TPSA) is 40.5 Å². The van der Waals surface area contributed by atoms with Crippen molar-refractivity contribution in [2.75, 3.05) is 6.61 Å². The van der Waals surface area contributed by atoms with Gasteiger partial charge >= 0.3 is 0 Å². The zero-order valence-electron chi connectivity index (χ0n) is 12.6. The van der Waals surface area contributed by atoms with E-state index in [4.69, 9.17) is 5.11 Å². The summed E-state index contributed by atoms with van der Waals surface area (Å²) in [5, 5.41) is 17.4. The molecule has 2 nitrogen and oxygen atoms in total. The lowest BCUT2D eigenvalue weighted by molar-refractivity contribution is 0.278. The third kappa shape index (κ3) is 6.06. The Morgan fingerprint density at radius 3 is 1.83 bits per heavy atom. The summed E-state index contributed by atoms with van der Waals surface area (Å²) in [5.41, 5.74) is 1.33. The molecule has 0 fully saturated rings. The Kier molecular flexibility index (Phi) is 6.41. The molecule has 0 amide bonds. The summed E-state index contributed by atoms with van der Waals surface area (Å²) >= 11 is 0. The molecular formula is C16H28O2. The fourth-order valence-electron chi connectivity index (χ4n) is 2.47. The van der Waals surface area contributed by atoms with Crippen molar-refractivity contribution in [2.24, 2.45) is 5.41 Å². The van der Waals surface area contributed by atoms with Gasteiger partial charge in [0.15, 0.2) is 0 Å². The SMILES string of the molecule is CC(C)(C)CC(C)(C)c1ccccc1O.CCO. The Labute approximate surface area is 112 Å². The van der Waals surface area contributed by atoms with E-state index in [1.165, 1.54) is 0 Å². The number of phenolic OH excluding ortho intramolecular Hbond substituents is 1. The Morgan fingerprint density at radius 2 is 1.44 bits per heavy atom. The van der Waals surface area contributed by atoms with Crippen LogP contribution in [0, 0.1) is 5.41 Å². The van der Waals surface area contributed by atoms with Gasteiger partial charge in [0.2, 0.25) is 0 Å². The van der Waals surface area contributed by atoms with Crippen LogP contribution in [-0.4, -0.2) is 16.8 Å². The van der Waals surface area contributed by atoms with Crippen molar-refractivity contribution in [1.29, 1.82) is 0 Å². The highest BCUT2D eigenvalue weighted by Crippen LogP contribution is 2.39. The van der Waals surface area contributed by atoms with Gasteiger partial charge in [-0.25, -0.2) is 0 Å². The lowest BCUT2D eigenvalue weighted by Gasteiger charge is -2.33. The summed E-state index contributed by atoms with van der Waals surface area (Å²) in [6, 6.07) is 7.63. The van der Waals surface area contributed by atoms with E-state index >= 15 is 0 Å². The molecule has 18 heavy (non-hydrogen) atoms. The highest BCUT2D eigenvalue weighted by atomic mass is 16.3. The predicted molar refractivity (Wildman–Crippen MR) is 78.0 cm³/mol. The van der Waals surface area contributed by atoms with Crippen molar-refractivity contribution in [1.82, 2.24) is 0 Å². The largest absolute Gasteiger partial charge is 0.508 e. The Morgan fingerprint density at radius 1 is 1.00 bits per heavy atom. The second kappa shape index (κ2) is 6.79. The Hall–Kier alpha value is -1.02. The second-order valence-electron chi connectivity index (χ2n) is 6.45. The van der Waals surface area contributed by atoms with E-state index in [1.807, 2.05) is 18.2 Å². The molecule has 1 aromatic rings. The first-order chi connectivity index (χ1) is 8.14. The molecule has 0 aliphatic rings.